The van der Waals surface area contributed by atoms with Crippen molar-refractivity contribution in [1.82, 2.24) is 19.5 Å². The molecule has 0 saturated carbocycles. The molecule has 246 valence electrons. The Bertz CT molecular complexity index is 1210. The predicted molar refractivity (Wildman–Crippen MR) is 167 cm³/mol. The molecular weight excluding hydrogens is 594 g/mol. The van der Waals surface area contributed by atoms with Crippen LogP contribution in [0.2, 0.25) is 5.15 Å². The molecule has 2 aliphatic heterocycles. The van der Waals surface area contributed by atoms with Crippen molar-refractivity contribution in [3.8, 4) is 0 Å². The summed E-state index contributed by atoms with van der Waals surface area (Å²) in [7, 11) is -4.36. The topological polar surface area (TPSA) is 128 Å². The molecule has 2 aliphatic rings. The van der Waals surface area contributed by atoms with Crippen molar-refractivity contribution in [3.63, 3.8) is 0 Å². The number of quaternary nitrogens is 1. The van der Waals surface area contributed by atoms with Gasteiger partial charge in [0.05, 0.1) is 48.7 Å². The van der Waals surface area contributed by atoms with Crippen LogP contribution in [0.1, 0.15) is 106 Å². The molecule has 2 saturated heterocycles. The number of nitrogens with zero attached hydrogens (tertiary/aromatic N) is 5. The molecule has 4 rings (SSSR count). The van der Waals surface area contributed by atoms with Crippen molar-refractivity contribution in [1.29, 1.82) is 0 Å². The van der Waals surface area contributed by atoms with E-state index in [4.69, 9.17) is 25.8 Å². The molecule has 0 aromatic carbocycles. The molecule has 0 bridgehead atoms. The lowest BCUT2D eigenvalue weighted by Crippen LogP contribution is -2.50. The Morgan fingerprint density at radius 3 is 1.95 bits per heavy atom. The minimum Gasteiger partial charge on any atom is -0.748 e. The van der Waals surface area contributed by atoms with Crippen LogP contribution < -0.4 is 0 Å². The third-order valence-electron chi connectivity index (χ3n) is 8.31. The van der Waals surface area contributed by atoms with Gasteiger partial charge in [-0.15, -0.1) is 0 Å². The van der Waals surface area contributed by atoms with E-state index in [2.05, 4.69) is 42.6 Å². The average Bonchev–Trinajstić information content (AvgIpc) is 3.62. The van der Waals surface area contributed by atoms with Crippen LogP contribution in [0.4, 0.5) is 0 Å². The molecule has 0 aliphatic carbocycles. The zero-order chi connectivity index (χ0) is 31.7. The lowest BCUT2D eigenvalue weighted by molar-refractivity contribution is -0.929. The fourth-order valence-corrected chi connectivity index (χ4v) is 6.73. The van der Waals surface area contributed by atoms with Gasteiger partial charge in [0.15, 0.2) is 22.8 Å². The largest absolute Gasteiger partial charge is 0.748 e. The van der Waals surface area contributed by atoms with E-state index in [-0.39, 0.29) is 11.6 Å². The number of imidazole rings is 1. The number of hydrogen-bond acceptors (Lipinski definition) is 9. The maximum Gasteiger partial charge on any atom is 0.167 e. The Labute approximate surface area is 263 Å². The van der Waals surface area contributed by atoms with Crippen molar-refractivity contribution in [2.24, 2.45) is 0 Å². The molecule has 2 aromatic heterocycles. The summed E-state index contributed by atoms with van der Waals surface area (Å²) in [6, 6.07) is 0. The van der Waals surface area contributed by atoms with Crippen molar-refractivity contribution < 1.29 is 31.7 Å². The fraction of sp³-hybridized carbons (Fsp3) is 0.833. The number of halogens is 1. The summed E-state index contributed by atoms with van der Waals surface area (Å²) in [5.74, 6) is -1.41. The predicted octanol–water partition coefficient (Wildman–Crippen LogP) is 5.84. The number of hydrogen-bond donors (Lipinski definition) is 0. The van der Waals surface area contributed by atoms with Crippen LogP contribution in [0.3, 0.4) is 0 Å². The van der Waals surface area contributed by atoms with Crippen molar-refractivity contribution in [3.05, 3.63) is 17.8 Å². The SMILES string of the molecule is CC1(C)O[C@@H]2[C@H](O1)[C@@H](CCS(=O)(=O)[O-])O[C@H]2n1cnc2c(Cl)ncnc21.CCCC[N+](CCCC)(CCCC)CCCC. The molecule has 0 N–H and O–H groups in total. The van der Waals surface area contributed by atoms with E-state index in [9.17, 15) is 13.0 Å². The molecule has 2 aromatic rings. The van der Waals surface area contributed by atoms with Gasteiger partial charge in [-0.25, -0.2) is 23.4 Å². The summed E-state index contributed by atoms with van der Waals surface area (Å²) < 4.78 is 53.9. The summed E-state index contributed by atoms with van der Waals surface area (Å²) in [6.07, 6.45) is 11.6. The van der Waals surface area contributed by atoms with Crippen LogP contribution in [0, 0.1) is 0 Å². The van der Waals surface area contributed by atoms with Crippen LogP contribution in [0.15, 0.2) is 12.7 Å². The number of rotatable bonds is 16. The third kappa shape index (κ3) is 10.0. The minimum absolute atomic E-state index is 0.00527. The van der Waals surface area contributed by atoms with Gasteiger partial charge in [-0.3, -0.25) is 4.57 Å². The molecule has 13 heteroatoms. The first-order valence-electron chi connectivity index (χ1n) is 16.0. The Morgan fingerprint density at radius 1 is 0.907 bits per heavy atom. The van der Waals surface area contributed by atoms with Crippen LogP contribution in [-0.4, -0.2) is 93.0 Å². The Kier molecular flexibility index (Phi) is 13.6. The van der Waals surface area contributed by atoms with Gasteiger partial charge in [-0.1, -0.05) is 65.0 Å². The highest BCUT2D eigenvalue weighted by molar-refractivity contribution is 7.85. The maximum atomic E-state index is 11.0. The van der Waals surface area contributed by atoms with E-state index in [0.717, 1.165) is 0 Å². The minimum atomic E-state index is -4.36. The van der Waals surface area contributed by atoms with Gasteiger partial charge < -0.3 is 23.2 Å². The van der Waals surface area contributed by atoms with Gasteiger partial charge in [0.1, 0.15) is 24.1 Å². The molecular formula is C30H52ClN5O6S. The fourth-order valence-electron chi connectivity index (χ4n) is 6.03. The van der Waals surface area contributed by atoms with E-state index in [1.54, 1.807) is 18.4 Å². The smallest absolute Gasteiger partial charge is 0.167 e. The van der Waals surface area contributed by atoms with Gasteiger partial charge in [0.25, 0.3) is 0 Å². The summed E-state index contributed by atoms with van der Waals surface area (Å²) in [6.45, 7) is 18.5. The molecule has 4 heterocycles. The monoisotopic (exact) mass is 645 g/mol. The highest BCUT2D eigenvalue weighted by Gasteiger charge is 2.56. The van der Waals surface area contributed by atoms with E-state index in [1.165, 1.54) is 94.7 Å². The number of unbranched alkanes of at least 4 members (excludes halogenated alkanes) is 4. The Morgan fingerprint density at radius 2 is 1.44 bits per heavy atom. The van der Waals surface area contributed by atoms with E-state index in [1.807, 2.05) is 0 Å². The first-order valence-corrected chi connectivity index (χ1v) is 18.0. The quantitative estimate of drug-likeness (QED) is 0.126. The van der Waals surface area contributed by atoms with Crippen LogP contribution in [0.25, 0.3) is 11.2 Å². The zero-order valence-electron chi connectivity index (χ0n) is 26.8. The summed E-state index contributed by atoms with van der Waals surface area (Å²) in [5, 5.41) is 0.209. The van der Waals surface area contributed by atoms with Crippen molar-refractivity contribution in [2.45, 2.75) is 130 Å². The molecule has 2 fully saturated rings. The zero-order valence-corrected chi connectivity index (χ0v) is 28.4. The van der Waals surface area contributed by atoms with Crippen LogP contribution in [0.5, 0.6) is 0 Å². The van der Waals surface area contributed by atoms with Crippen LogP contribution in [-0.2, 0) is 24.3 Å². The summed E-state index contributed by atoms with van der Waals surface area (Å²) in [5.41, 5.74) is 0.872. The average molecular weight is 646 g/mol. The van der Waals surface area contributed by atoms with Crippen LogP contribution >= 0.6 is 11.6 Å². The Hall–Kier alpha value is -1.41. The standard InChI is InChI=1S/C16H36N.C14H17ClN4O6S/c1-5-9-13-17(14-10-6-2,15-11-7-3)16-12-8-4;1-14(2)24-9-7(3-4-26(20,21)22)23-13(10(9)25-14)19-6-18-8-11(15)16-5-17-12(8)19/h5-16H2,1-4H3;5-7,9-10,13H,3-4H2,1-2H3,(H,20,21,22)/q+1;/p-1/t;7-,9-,10-,13-/m.1/s1. The molecule has 0 amide bonds. The second-order valence-corrected chi connectivity index (χ2v) is 14.2. The molecule has 11 nitrogen and oxygen atoms in total. The first-order chi connectivity index (χ1) is 20.4. The second-order valence-electron chi connectivity index (χ2n) is 12.3. The van der Waals surface area contributed by atoms with Gasteiger partial charge in [0, 0.05) is 5.75 Å². The lowest BCUT2D eigenvalue weighted by atomic mass is 10.1. The summed E-state index contributed by atoms with van der Waals surface area (Å²) in [4.78, 5) is 12.3. The summed E-state index contributed by atoms with van der Waals surface area (Å²) >= 11 is 6.04. The van der Waals surface area contributed by atoms with Gasteiger partial charge in [-0.05, 0) is 46.0 Å². The van der Waals surface area contributed by atoms with Gasteiger partial charge in [-0.2, -0.15) is 0 Å². The van der Waals surface area contributed by atoms with E-state index < -0.39 is 46.2 Å². The van der Waals surface area contributed by atoms with Crippen molar-refractivity contribution in [2.75, 3.05) is 31.9 Å². The van der Waals surface area contributed by atoms with Gasteiger partial charge in [0.2, 0.25) is 0 Å². The van der Waals surface area contributed by atoms with Gasteiger partial charge >= 0.3 is 0 Å². The molecule has 0 radical (unpaired) electrons. The number of fused-ring (bicyclic) bond motifs is 2. The third-order valence-corrected chi connectivity index (χ3v) is 9.32. The highest BCUT2D eigenvalue weighted by Crippen LogP contribution is 2.44. The maximum absolute atomic E-state index is 11.0. The number of aromatic nitrogens is 4. The second kappa shape index (κ2) is 16.2. The normalized spacial score (nSPS) is 23.3. The molecule has 4 atom stereocenters. The first kappa shape index (κ1) is 36.1. The van der Waals surface area contributed by atoms with E-state index in [0.29, 0.717) is 11.2 Å². The number of ether oxygens (including phenoxy) is 3. The molecule has 43 heavy (non-hydrogen) atoms. The highest BCUT2D eigenvalue weighted by atomic mass is 35.5. The van der Waals surface area contributed by atoms with E-state index >= 15 is 0 Å². The molecule has 0 spiro atoms. The lowest BCUT2D eigenvalue weighted by Gasteiger charge is -2.39. The van der Waals surface area contributed by atoms with Crippen molar-refractivity contribution >= 4 is 32.9 Å². The molecule has 0 unspecified atom stereocenters. The Balaban J connectivity index is 0.000000261.